The minimum Gasteiger partial charge on any atom is -0.465 e. The van der Waals surface area contributed by atoms with Crippen LogP contribution in [0.4, 0.5) is 0 Å². The molecule has 4 nitrogen and oxygen atoms in total. The molecule has 2 heterocycles. The topological polar surface area (TPSA) is 41.6 Å². The molecule has 1 unspecified atom stereocenters. The molecule has 94 valence electrons. The Morgan fingerprint density at radius 2 is 2.59 bits per heavy atom. The number of carbonyl (C=O) groups excluding carboxylic acids is 1. The van der Waals surface area contributed by atoms with E-state index in [1.807, 2.05) is 6.92 Å². The number of hydrogen-bond acceptors (Lipinski definition) is 5. The summed E-state index contributed by atoms with van der Waals surface area (Å²) in [5.41, 5.74) is 1.27. The summed E-state index contributed by atoms with van der Waals surface area (Å²) in [7, 11) is 0. The first kappa shape index (κ1) is 12.5. The van der Waals surface area contributed by atoms with Crippen molar-refractivity contribution >= 4 is 17.3 Å². The molecule has 1 fully saturated rings. The van der Waals surface area contributed by atoms with Crippen molar-refractivity contribution in [3.05, 3.63) is 22.4 Å². The van der Waals surface area contributed by atoms with Gasteiger partial charge in [0.15, 0.2) is 0 Å². The fourth-order valence-electron chi connectivity index (χ4n) is 2.02. The van der Waals surface area contributed by atoms with Crippen LogP contribution in [0.5, 0.6) is 0 Å². The smallest absolute Gasteiger partial charge is 0.324 e. The molecule has 17 heavy (non-hydrogen) atoms. The molecule has 1 atom stereocenters. The van der Waals surface area contributed by atoms with Crippen LogP contribution in [0.1, 0.15) is 12.5 Å². The molecular formula is C12H18N2O2S. The summed E-state index contributed by atoms with van der Waals surface area (Å²) >= 11 is 1.69. The molecule has 1 aliphatic heterocycles. The Bertz CT molecular complexity index is 353. The third kappa shape index (κ3) is 3.28. The second-order valence-electron chi connectivity index (χ2n) is 4.07. The van der Waals surface area contributed by atoms with Crippen molar-refractivity contribution in [1.82, 2.24) is 10.2 Å². The van der Waals surface area contributed by atoms with E-state index in [1.165, 1.54) is 5.56 Å². The fraction of sp³-hybridized carbons (Fsp3) is 0.583. The highest BCUT2D eigenvalue weighted by Crippen LogP contribution is 2.14. The number of thiophene rings is 1. The highest BCUT2D eigenvalue weighted by molar-refractivity contribution is 7.07. The van der Waals surface area contributed by atoms with E-state index >= 15 is 0 Å². The molecule has 1 aromatic rings. The molecule has 2 rings (SSSR count). The van der Waals surface area contributed by atoms with Gasteiger partial charge in [-0.15, -0.1) is 0 Å². The van der Waals surface area contributed by atoms with Gasteiger partial charge in [-0.1, -0.05) is 0 Å². The summed E-state index contributed by atoms with van der Waals surface area (Å²) in [4.78, 5) is 14.0. The van der Waals surface area contributed by atoms with Crippen molar-refractivity contribution in [2.45, 2.75) is 19.5 Å². The van der Waals surface area contributed by atoms with Crippen LogP contribution in [0.15, 0.2) is 16.8 Å². The van der Waals surface area contributed by atoms with Gasteiger partial charge in [-0.25, -0.2) is 0 Å². The minimum absolute atomic E-state index is 0.116. The predicted octanol–water partition coefficient (Wildman–Crippen LogP) is 1.09. The average molecular weight is 254 g/mol. The van der Waals surface area contributed by atoms with Crippen LogP contribution in [0.2, 0.25) is 0 Å². The Morgan fingerprint density at radius 3 is 3.29 bits per heavy atom. The zero-order chi connectivity index (χ0) is 12.1. The summed E-state index contributed by atoms with van der Waals surface area (Å²) in [5.74, 6) is -0.116. The first-order valence-electron chi connectivity index (χ1n) is 5.93. The van der Waals surface area contributed by atoms with Crippen molar-refractivity contribution in [3.8, 4) is 0 Å². The lowest BCUT2D eigenvalue weighted by atomic mass is 10.1. The van der Waals surface area contributed by atoms with Gasteiger partial charge in [-0.05, 0) is 29.3 Å². The normalized spacial score (nSPS) is 21.4. The van der Waals surface area contributed by atoms with E-state index in [4.69, 9.17) is 4.74 Å². The maximum Gasteiger partial charge on any atom is 0.324 e. The monoisotopic (exact) mass is 254 g/mol. The Labute approximate surface area is 106 Å². The molecule has 0 saturated carbocycles. The number of nitrogens with zero attached hydrogens (tertiary/aromatic N) is 1. The van der Waals surface area contributed by atoms with E-state index in [9.17, 15) is 4.79 Å². The van der Waals surface area contributed by atoms with E-state index < -0.39 is 0 Å². The van der Waals surface area contributed by atoms with Crippen LogP contribution in [0.25, 0.3) is 0 Å². The Morgan fingerprint density at radius 1 is 1.71 bits per heavy atom. The molecular weight excluding hydrogens is 236 g/mol. The van der Waals surface area contributed by atoms with E-state index in [2.05, 4.69) is 27.0 Å². The molecule has 1 aliphatic rings. The van der Waals surface area contributed by atoms with Crippen LogP contribution in [0, 0.1) is 0 Å². The maximum absolute atomic E-state index is 11.8. The van der Waals surface area contributed by atoms with Gasteiger partial charge in [0.25, 0.3) is 0 Å². The van der Waals surface area contributed by atoms with Crippen LogP contribution in [-0.2, 0) is 16.1 Å². The van der Waals surface area contributed by atoms with Crippen molar-refractivity contribution in [2.75, 3.05) is 26.2 Å². The van der Waals surface area contributed by atoms with Gasteiger partial charge in [0.2, 0.25) is 0 Å². The molecule has 0 aromatic carbocycles. The Hall–Kier alpha value is -0.910. The lowest BCUT2D eigenvalue weighted by molar-refractivity contribution is -0.150. The summed E-state index contributed by atoms with van der Waals surface area (Å²) < 4.78 is 5.11. The number of piperazine rings is 1. The average Bonchev–Trinajstić information content (AvgIpc) is 2.83. The quantitative estimate of drug-likeness (QED) is 0.817. The predicted molar refractivity (Wildman–Crippen MR) is 68.0 cm³/mol. The molecule has 0 aliphatic carbocycles. The lowest BCUT2D eigenvalue weighted by Crippen LogP contribution is -2.54. The number of nitrogens with one attached hydrogen (secondary N) is 1. The summed E-state index contributed by atoms with van der Waals surface area (Å²) in [6.45, 7) is 5.62. The van der Waals surface area contributed by atoms with Crippen molar-refractivity contribution < 1.29 is 9.53 Å². The van der Waals surface area contributed by atoms with Gasteiger partial charge in [-0.2, -0.15) is 11.3 Å². The molecule has 1 aromatic heterocycles. The first-order chi connectivity index (χ1) is 8.31. The van der Waals surface area contributed by atoms with Gasteiger partial charge in [0.05, 0.1) is 6.61 Å². The van der Waals surface area contributed by atoms with Crippen LogP contribution in [0.3, 0.4) is 0 Å². The number of rotatable bonds is 4. The lowest BCUT2D eigenvalue weighted by Gasteiger charge is -2.34. The fourth-order valence-corrected chi connectivity index (χ4v) is 2.68. The van der Waals surface area contributed by atoms with Crippen molar-refractivity contribution in [1.29, 1.82) is 0 Å². The van der Waals surface area contributed by atoms with E-state index in [0.717, 1.165) is 19.6 Å². The minimum atomic E-state index is -0.149. The standard InChI is InChI=1S/C12H18N2O2S/c1-2-16-12(15)11-7-13-4-5-14(11)8-10-3-6-17-9-10/h3,6,9,11,13H,2,4-5,7-8H2,1H3. The molecule has 1 N–H and O–H groups in total. The largest absolute Gasteiger partial charge is 0.465 e. The zero-order valence-electron chi connectivity index (χ0n) is 10.0. The maximum atomic E-state index is 11.8. The number of esters is 1. The Kier molecular flexibility index (Phi) is 4.53. The van der Waals surface area contributed by atoms with Crippen LogP contribution >= 0.6 is 11.3 Å². The number of carbonyl (C=O) groups is 1. The first-order valence-corrected chi connectivity index (χ1v) is 6.88. The summed E-state index contributed by atoms with van der Waals surface area (Å²) in [6.07, 6.45) is 0. The SMILES string of the molecule is CCOC(=O)C1CNCCN1Cc1ccsc1. The summed E-state index contributed by atoms with van der Waals surface area (Å²) in [6, 6.07) is 1.96. The highest BCUT2D eigenvalue weighted by Gasteiger charge is 2.29. The third-order valence-corrected chi connectivity index (χ3v) is 3.61. The van der Waals surface area contributed by atoms with Gasteiger partial charge >= 0.3 is 5.97 Å². The molecule has 0 spiro atoms. The van der Waals surface area contributed by atoms with Gasteiger partial charge in [0.1, 0.15) is 6.04 Å². The Balaban J connectivity index is 1.99. The van der Waals surface area contributed by atoms with E-state index in [-0.39, 0.29) is 12.0 Å². The molecule has 0 bridgehead atoms. The highest BCUT2D eigenvalue weighted by atomic mass is 32.1. The number of hydrogen-bond donors (Lipinski definition) is 1. The molecule has 1 saturated heterocycles. The molecule has 5 heteroatoms. The molecule has 0 amide bonds. The van der Waals surface area contributed by atoms with Crippen molar-refractivity contribution in [2.24, 2.45) is 0 Å². The van der Waals surface area contributed by atoms with Gasteiger partial charge in [-0.3, -0.25) is 9.69 Å². The number of ether oxygens (including phenoxy) is 1. The zero-order valence-corrected chi connectivity index (χ0v) is 10.8. The molecule has 0 radical (unpaired) electrons. The van der Waals surface area contributed by atoms with Gasteiger partial charge < -0.3 is 10.1 Å². The van der Waals surface area contributed by atoms with Crippen molar-refractivity contribution in [3.63, 3.8) is 0 Å². The van der Waals surface area contributed by atoms with Gasteiger partial charge in [0, 0.05) is 26.2 Å². The van der Waals surface area contributed by atoms with Crippen LogP contribution < -0.4 is 5.32 Å². The van der Waals surface area contributed by atoms with E-state index in [1.54, 1.807) is 11.3 Å². The second-order valence-corrected chi connectivity index (χ2v) is 4.85. The summed E-state index contributed by atoms with van der Waals surface area (Å²) in [5, 5.41) is 7.44. The second kappa shape index (κ2) is 6.14. The van der Waals surface area contributed by atoms with E-state index in [0.29, 0.717) is 13.2 Å². The third-order valence-electron chi connectivity index (χ3n) is 2.88. The van der Waals surface area contributed by atoms with Crippen LogP contribution in [-0.4, -0.2) is 43.2 Å².